The van der Waals surface area contributed by atoms with E-state index in [1.165, 1.54) is 6.42 Å². The Labute approximate surface area is 125 Å². The smallest absolute Gasteiger partial charge is 0.237 e. The number of piperidine rings is 1. The van der Waals surface area contributed by atoms with Crippen LogP contribution in [0.15, 0.2) is 18.2 Å². The van der Waals surface area contributed by atoms with Crippen LogP contribution in [0.2, 0.25) is 0 Å². The van der Waals surface area contributed by atoms with Crippen LogP contribution in [0.3, 0.4) is 0 Å². The Morgan fingerprint density at radius 1 is 1.38 bits per heavy atom. The van der Waals surface area contributed by atoms with Crippen molar-refractivity contribution in [2.75, 3.05) is 13.3 Å². The Morgan fingerprint density at radius 3 is 3.10 bits per heavy atom. The van der Waals surface area contributed by atoms with Crippen LogP contribution >= 0.6 is 0 Å². The molecule has 2 aliphatic rings. The average molecular weight is 290 g/mol. The third kappa shape index (κ3) is 3.29. The molecule has 1 amide bonds. The monoisotopic (exact) mass is 290 g/mol. The van der Waals surface area contributed by atoms with Crippen molar-refractivity contribution in [2.24, 2.45) is 5.92 Å². The molecule has 0 aromatic heterocycles. The molecule has 0 aliphatic carbocycles. The molecule has 0 spiro atoms. The second-order valence-corrected chi connectivity index (χ2v) is 5.71. The first-order chi connectivity index (χ1) is 10.3. The molecule has 2 heterocycles. The summed E-state index contributed by atoms with van der Waals surface area (Å²) in [5, 5.41) is 6.31. The highest BCUT2D eigenvalue weighted by atomic mass is 16.7. The number of carbonyl (C=O) groups excluding carboxylic acids is 1. The van der Waals surface area contributed by atoms with E-state index in [0.717, 1.165) is 36.4 Å². The maximum absolute atomic E-state index is 12.2. The van der Waals surface area contributed by atoms with Crippen molar-refractivity contribution in [2.45, 2.75) is 38.8 Å². The van der Waals surface area contributed by atoms with Crippen molar-refractivity contribution in [3.05, 3.63) is 23.8 Å². The molecule has 2 aliphatic heterocycles. The van der Waals surface area contributed by atoms with E-state index in [-0.39, 0.29) is 18.7 Å². The zero-order chi connectivity index (χ0) is 14.7. The fourth-order valence-corrected chi connectivity index (χ4v) is 2.93. The summed E-state index contributed by atoms with van der Waals surface area (Å²) in [4.78, 5) is 12.2. The van der Waals surface area contributed by atoms with E-state index in [4.69, 9.17) is 9.47 Å². The lowest BCUT2D eigenvalue weighted by Gasteiger charge is -2.28. The molecule has 5 nitrogen and oxygen atoms in total. The van der Waals surface area contributed by atoms with Crippen molar-refractivity contribution < 1.29 is 14.3 Å². The van der Waals surface area contributed by atoms with Gasteiger partial charge in [-0.25, -0.2) is 0 Å². The largest absolute Gasteiger partial charge is 0.454 e. The molecule has 21 heavy (non-hydrogen) atoms. The van der Waals surface area contributed by atoms with Gasteiger partial charge in [0.05, 0.1) is 6.04 Å². The van der Waals surface area contributed by atoms with Gasteiger partial charge in [0.1, 0.15) is 0 Å². The van der Waals surface area contributed by atoms with Gasteiger partial charge in [0, 0.05) is 6.54 Å². The Hall–Kier alpha value is -1.75. The maximum Gasteiger partial charge on any atom is 0.237 e. The van der Waals surface area contributed by atoms with Gasteiger partial charge in [-0.05, 0) is 43.0 Å². The maximum atomic E-state index is 12.2. The lowest BCUT2D eigenvalue weighted by atomic mass is 9.90. The van der Waals surface area contributed by atoms with Crippen LogP contribution in [0.4, 0.5) is 0 Å². The molecule has 0 bridgehead atoms. The second kappa shape index (κ2) is 6.35. The topological polar surface area (TPSA) is 59.6 Å². The predicted molar refractivity (Wildman–Crippen MR) is 79.2 cm³/mol. The van der Waals surface area contributed by atoms with Gasteiger partial charge in [-0.2, -0.15) is 0 Å². The molecule has 2 atom stereocenters. The van der Waals surface area contributed by atoms with Crippen LogP contribution in [0, 0.1) is 5.92 Å². The molecule has 3 rings (SSSR count). The number of nitrogens with one attached hydrogen (secondary N) is 2. The quantitative estimate of drug-likeness (QED) is 0.888. The third-order valence-corrected chi connectivity index (χ3v) is 4.31. The van der Waals surface area contributed by atoms with Crippen molar-refractivity contribution in [3.63, 3.8) is 0 Å². The molecule has 0 saturated carbocycles. The first-order valence-corrected chi connectivity index (χ1v) is 7.66. The number of rotatable bonds is 4. The fourth-order valence-electron chi connectivity index (χ4n) is 2.93. The van der Waals surface area contributed by atoms with Gasteiger partial charge in [-0.15, -0.1) is 0 Å². The van der Waals surface area contributed by atoms with Crippen molar-refractivity contribution in [1.29, 1.82) is 0 Å². The van der Waals surface area contributed by atoms with E-state index in [0.29, 0.717) is 12.5 Å². The van der Waals surface area contributed by atoms with Crippen molar-refractivity contribution >= 4 is 5.91 Å². The van der Waals surface area contributed by atoms with Crippen molar-refractivity contribution in [1.82, 2.24) is 10.6 Å². The third-order valence-electron chi connectivity index (χ3n) is 4.31. The van der Waals surface area contributed by atoms with E-state index >= 15 is 0 Å². The molecule has 1 aromatic rings. The molecule has 1 fully saturated rings. The second-order valence-electron chi connectivity index (χ2n) is 5.71. The molecular formula is C16H22N2O3. The molecule has 114 valence electrons. The lowest BCUT2D eigenvalue weighted by Crippen LogP contribution is -2.48. The molecule has 5 heteroatoms. The van der Waals surface area contributed by atoms with E-state index in [9.17, 15) is 4.79 Å². The first kappa shape index (κ1) is 14.2. The highest BCUT2D eigenvalue weighted by Gasteiger charge is 2.25. The summed E-state index contributed by atoms with van der Waals surface area (Å²) >= 11 is 0. The minimum absolute atomic E-state index is 0.0577. The Morgan fingerprint density at radius 2 is 2.24 bits per heavy atom. The van der Waals surface area contributed by atoms with E-state index in [1.54, 1.807) is 0 Å². The van der Waals surface area contributed by atoms with Gasteiger partial charge in [0.15, 0.2) is 11.5 Å². The summed E-state index contributed by atoms with van der Waals surface area (Å²) in [6, 6.07) is 5.70. The van der Waals surface area contributed by atoms with Gasteiger partial charge in [0.25, 0.3) is 0 Å². The van der Waals surface area contributed by atoms with Gasteiger partial charge < -0.3 is 20.1 Å². The number of ether oxygens (including phenoxy) is 2. The van der Waals surface area contributed by atoms with Crippen LogP contribution in [-0.4, -0.2) is 25.3 Å². The Bertz CT molecular complexity index is 518. The van der Waals surface area contributed by atoms with Gasteiger partial charge in [0.2, 0.25) is 12.7 Å². The standard InChI is InChI=1S/C16H22N2O3/c1-2-11-5-6-17-13(7-11)16(19)18-9-12-3-4-14-15(8-12)21-10-20-14/h3-4,8,11,13,17H,2,5-7,9-10H2,1H3,(H,18,19). The highest BCUT2D eigenvalue weighted by Crippen LogP contribution is 2.32. The number of fused-ring (bicyclic) bond motifs is 1. The van der Waals surface area contributed by atoms with Crippen LogP contribution in [0.25, 0.3) is 0 Å². The Kier molecular flexibility index (Phi) is 4.29. The highest BCUT2D eigenvalue weighted by molar-refractivity contribution is 5.81. The molecular weight excluding hydrogens is 268 g/mol. The number of hydrogen-bond donors (Lipinski definition) is 2. The summed E-state index contributed by atoms with van der Waals surface area (Å²) in [5.74, 6) is 2.27. The predicted octanol–water partition coefficient (Wildman–Crippen LogP) is 1.81. The summed E-state index contributed by atoms with van der Waals surface area (Å²) in [5.41, 5.74) is 1.02. The normalized spacial score (nSPS) is 23.9. The molecule has 1 saturated heterocycles. The van der Waals surface area contributed by atoms with E-state index in [2.05, 4.69) is 17.6 Å². The van der Waals surface area contributed by atoms with Gasteiger partial charge >= 0.3 is 0 Å². The minimum Gasteiger partial charge on any atom is -0.454 e. The van der Waals surface area contributed by atoms with Crippen LogP contribution < -0.4 is 20.1 Å². The van der Waals surface area contributed by atoms with Crippen molar-refractivity contribution in [3.8, 4) is 11.5 Å². The van der Waals surface area contributed by atoms with E-state index < -0.39 is 0 Å². The number of hydrogen-bond acceptors (Lipinski definition) is 4. The first-order valence-electron chi connectivity index (χ1n) is 7.66. The molecule has 1 aromatic carbocycles. The summed E-state index contributed by atoms with van der Waals surface area (Å²) in [7, 11) is 0. The molecule has 2 unspecified atom stereocenters. The minimum atomic E-state index is -0.0577. The molecule has 0 radical (unpaired) electrons. The zero-order valence-electron chi connectivity index (χ0n) is 12.4. The number of carbonyl (C=O) groups is 1. The van der Waals surface area contributed by atoms with Gasteiger partial charge in [-0.3, -0.25) is 4.79 Å². The van der Waals surface area contributed by atoms with E-state index in [1.807, 2.05) is 18.2 Å². The number of amides is 1. The fraction of sp³-hybridized carbons (Fsp3) is 0.562. The van der Waals surface area contributed by atoms with Crippen LogP contribution in [0.1, 0.15) is 31.7 Å². The van der Waals surface area contributed by atoms with Crippen LogP contribution in [-0.2, 0) is 11.3 Å². The molecule has 2 N–H and O–H groups in total. The average Bonchev–Trinajstić information content (AvgIpc) is 3.00. The van der Waals surface area contributed by atoms with Crippen LogP contribution in [0.5, 0.6) is 11.5 Å². The SMILES string of the molecule is CCC1CCNC(C(=O)NCc2ccc3c(c2)OCO3)C1. The summed E-state index contributed by atoms with van der Waals surface area (Å²) in [6.45, 7) is 3.91. The summed E-state index contributed by atoms with van der Waals surface area (Å²) in [6.07, 6.45) is 3.25. The summed E-state index contributed by atoms with van der Waals surface area (Å²) < 4.78 is 10.6. The number of benzene rings is 1. The zero-order valence-corrected chi connectivity index (χ0v) is 12.4. The van der Waals surface area contributed by atoms with Gasteiger partial charge in [-0.1, -0.05) is 19.4 Å². The Balaban J connectivity index is 1.53. The lowest BCUT2D eigenvalue weighted by molar-refractivity contribution is -0.124.